The number of carboxylic acid groups (broad SMARTS) is 1. The fourth-order valence-electron chi connectivity index (χ4n) is 1.31. The summed E-state index contributed by atoms with van der Waals surface area (Å²) in [6, 6.07) is 3.77. The fraction of sp³-hybridized carbons (Fsp3) is 0.300. The van der Waals surface area contributed by atoms with Crippen molar-refractivity contribution >= 4 is 28.1 Å². The van der Waals surface area contributed by atoms with E-state index < -0.39 is 27.4 Å². The van der Waals surface area contributed by atoms with Gasteiger partial charge < -0.3 is 10.4 Å². The largest absolute Gasteiger partial charge is 0.477 e. The molecule has 0 fully saturated rings. The summed E-state index contributed by atoms with van der Waals surface area (Å²) in [6.07, 6.45) is 1.55. The monoisotopic (exact) mass is 272 g/mol. The Kier molecular flexibility index (Phi) is 4.78. The maximum absolute atomic E-state index is 10.8. The third-order valence-electron chi connectivity index (χ3n) is 2.14. The van der Waals surface area contributed by atoms with Gasteiger partial charge in [-0.15, -0.1) is 0 Å². The van der Waals surface area contributed by atoms with E-state index in [2.05, 4.69) is 5.32 Å². The Morgan fingerprint density at radius 2 is 2.22 bits per heavy atom. The lowest BCUT2D eigenvalue weighted by atomic mass is 10.1. The number of nitrogens with zero attached hydrogens (tertiary/aromatic N) is 1. The molecule has 0 aromatic heterocycles. The number of carboxylic acids is 1. The maximum Gasteiger partial charge on any atom is 0.342 e. The topological polar surface area (TPSA) is 110 Å². The van der Waals surface area contributed by atoms with Crippen LogP contribution in [0.1, 0.15) is 10.4 Å². The van der Waals surface area contributed by atoms with Crippen molar-refractivity contribution in [3.05, 3.63) is 33.9 Å². The van der Waals surface area contributed by atoms with Crippen molar-refractivity contribution in [3.8, 4) is 0 Å². The van der Waals surface area contributed by atoms with Crippen LogP contribution < -0.4 is 5.32 Å². The Morgan fingerprint density at radius 3 is 2.72 bits per heavy atom. The first-order chi connectivity index (χ1) is 8.41. The van der Waals surface area contributed by atoms with Crippen molar-refractivity contribution < 1.29 is 19.0 Å². The molecule has 18 heavy (non-hydrogen) atoms. The van der Waals surface area contributed by atoms with E-state index in [0.29, 0.717) is 18.0 Å². The van der Waals surface area contributed by atoms with Gasteiger partial charge in [0.05, 0.1) is 4.92 Å². The van der Waals surface area contributed by atoms with Gasteiger partial charge in [0.2, 0.25) is 0 Å². The molecule has 0 aliphatic rings. The molecule has 0 aliphatic heterocycles. The van der Waals surface area contributed by atoms with Crippen LogP contribution in [0.2, 0.25) is 0 Å². The summed E-state index contributed by atoms with van der Waals surface area (Å²) in [5.41, 5.74) is -0.396. The summed E-state index contributed by atoms with van der Waals surface area (Å²) < 4.78 is 10.8. The van der Waals surface area contributed by atoms with Crippen molar-refractivity contribution in [3.63, 3.8) is 0 Å². The fourth-order valence-corrected chi connectivity index (χ4v) is 1.70. The van der Waals surface area contributed by atoms with Crippen LogP contribution in [0, 0.1) is 10.1 Å². The minimum absolute atomic E-state index is 0.357. The molecule has 0 spiro atoms. The average Bonchev–Trinajstić information content (AvgIpc) is 2.28. The van der Waals surface area contributed by atoms with E-state index in [0.717, 1.165) is 6.07 Å². The van der Waals surface area contributed by atoms with Gasteiger partial charge >= 0.3 is 5.97 Å². The molecule has 0 bridgehead atoms. The smallest absolute Gasteiger partial charge is 0.342 e. The Labute approximate surface area is 105 Å². The van der Waals surface area contributed by atoms with Gasteiger partial charge in [-0.3, -0.25) is 14.3 Å². The molecule has 0 saturated heterocycles. The minimum atomic E-state index is -1.34. The van der Waals surface area contributed by atoms with Gasteiger partial charge in [-0.25, -0.2) is 4.79 Å². The maximum atomic E-state index is 10.8. The first kappa shape index (κ1) is 14.1. The summed E-state index contributed by atoms with van der Waals surface area (Å²) in [5.74, 6) is -0.933. The summed E-state index contributed by atoms with van der Waals surface area (Å²) in [5, 5.41) is 22.4. The predicted octanol–water partition coefficient (Wildman–Crippen LogP) is 1.08. The normalized spacial score (nSPS) is 11.8. The lowest BCUT2D eigenvalue weighted by Gasteiger charge is -2.06. The van der Waals surface area contributed by atoms with Crippen LogP contribution in [0.15, 0.2) is 18.2 Å². The van der Waals surface area contributed by atoms with E-state index in [-0.39, 0.29) is 5.56 Å². The number of hydrogen-bond donors (Lipinski definition) is 2. The highest BCUT2D eigenvalue weighted by Gasteiger charge is 2.19. The molecule has 2 N–H and O–H groups in total. The lowest BCUT2D eigenvalue weighted by molar-refractivity contribution is -0.385. The molecule has 1 aromatic rings. The molecular weight excluding hydrogens is 260 g/mol. The van der Waals surface area contributed by atoms with E-state index in [1.807, 2.05) is 0 Å². The van der Waals surface area contributed by atoms with E-state index in [4.69, 9.17) is 5.11 Å². The summed E-state index contributed by atoms with van der Waals surface area (Å²) >= 11 is 0. The summed E-state index contributed by atoms with van der Waals surface area (Å²) in [6.45, 7) is 0.396. The highest BCUT2D eigenvalue weighted by atomic mass is 32.2. The number of nitrogens with one attached hydrogen (secondary N) is 1. The predicted molar refractivity (Wildman–Crippen MR) is 67.5 cm³/mol. The van der Waals surface area contributed by atoms with Crippen LogP contribution in [0.3, 0.4) is 0 Å². The summed E-state index contributed by atoms with van der Waals surface area (Å²) in [7, 11) is -0.956. The van der Waals surface area contributed by atoms with Gasteiger partial charge in [-0.05, 0) is 12.1 Å². The van der Waals surface area contributed by atoms with Crippen molar-refractivity contribution in [2.24, 2.45) is 0 Å². The quantitative estimate of drug-likeness (QED) is 0.592. The average molecular weight is 272 g/mol. The Morgan fingerprint density at radius 1 is 1.56 bits per heavy atom. The Bertz CT molecular complexity index is 503. The number of benzene rings is 1. The molecule has 1 rings (SSSR count). The highest BCUT2D eigenvalue weighted by Crippen LogP contribution is 2.23. The van der Waals surface area contributed by atoms with E-state index >= 15 is 0 Å². The van der Waals surface area contributed by atoms with E-state index in [9.17, 15) is 19.1 Å². The SMILES string of the molecule is CS(=O)CCNc1ccc(C(=O)O)c([N+](=O)[O-])c1. The van der Waals surface area contributed by atoms with Crippen LogP contribution in [0.4, 0.5) is 11.4 Å². The van der Waals surface area contributed by atoms with Crippen LogP contribution in [-0.4, -0.2) is 38.8 Å². The number of carbonyl (C=O) groups is 1. The Hall–Kier alpha value is -1.96. The first-order valence-corrected chi connectivity index (χ1v) is 6.70. The molecule has 7 nitrogen and oxygen atoms in total. The van der Waals surface area contributed by atoms with Crippen molar-refractivity contribution in [1.82, 2.24) is 0 Å². The number of nitro groups is 1. The van der Waals surface area contributed by atoms with E-state index in [1.54, 1.807) is 6.26 Å². The lowest BCUT2D eigenvalue weighted by Crippen LogP contribution is -2.10. The number of nitro benzene ring substituents is 1. The molecule has 1 atom stereocenters. The van der Waals surface area contributed by atoms with Gasteiger partial charge in [0.1, 0.15) is 5.56 Å². The zero-order valence-corrected chi connectivity index (χ0v) is 10.4. The Balaban J connectivity index is 2.90. The van der Waals surface area contributed by atoms with Crippen LogP contribution in [0.5, 0.6) is 0 Å². The second-order valence-electron chi connectivity index (χ2n) is 3.50. The molecule has 0 amide bonds. The van der Waals surface area contributed by atoms with Gasteiger partial charge in [-0.2, -0.15) is 0 Å². The molecule has 1 aromatic carbocycles. The van der Waals surface area contributed by atoms with E-state index in [1.165, 1.54) is 12.1 Å². The molecule has 8 heteroatoms. The zero-order valence-electron chi connectivity index (χ0n) is 9.58. The minimum Gasteiger partial charge on any atom is -0.477 e. The number of anilines is 1. The van der Waals surface area contributed by atoms with Crippen molar-refractivity contribution in [1.29, 1.82) is 0 Å². The number of rotatable bonds is 6. The van der Waals surface area contributed by atoms with Gasteiger partial charge in [0, 0.05) is 41.1 Å². The van der Waals surface area contributed by atoms with Crippen LogP contribution in [0.25, 0.3) is 0 Å². The van der Waals surface area contributed by atoms with Gasteiger partial charge in [0.25, 0.3) is 5.69 Å². The first-order valence-electron chi connectivity index (χ1n) is 4.97. The standard InChI is InChI=1S/C10H12N2O5S/c1-18(17)5-4-11-7-2-3-8(10(13)14)9(6-7)12(15)16/h2-3,6,11H,4-5H2,1H3,(H,13,14). The molecule has 0 aliphatic carbocycles. The second kappa shape index (κ2) is 6.10. The molecule has 0 saturated carbocycles. The third kappa shape index (κ3) is 3.81. The van der Waals surface area contributed by atoms with Crippen LogP contribution >= 0.6 is 0 Å². The second-order valence-corrected chi connectivity index (χ2v) is 5.05. The van der Waals surface area contributed by atoms with Gasteiger partial charge in [0.15, 0.2) is 0 Å². The highest BCUT2D eigenvalue weighted by molar-refractivity contribution is 7.84. The van der Waals surface area contributed by atoms with Crippen molar-refractivity contribution in [2.75, 3.05) is 23.9 Å². The van der Waals surface area contributed by atoms with Crippen molar-refractivity contribution in [2.45, 2.75) is 0 Å². The summed E-state index contributed by atoms with van der Waals surface area (Å²) in [4.78, 5) is 20.8. The van der Waals surface area contributed by atoms with Gasteiger partial charge in [-0.1, -0.05) is 0 Å². The molecule has 98 valence electrons. The molecule has 0 radical (unpaired) electrons. The molecular formula is C10H12N2O5S. The van der Waals surface area contributed by atoms with Crippen LogP contribution in [-0.2, 0) is 10.8 Å². The molecule has 1 unspecified atom stereocenters. The number of aromatic carboxylic acids is 1. The zero-order chi connectivity index (χ0) is 13.7. The third-order valence-corrected chi connectivity index (χ3v) is 2.92. The molecule has 0 heterocycles. The number of hydrogen-bond acceptors (Lipinski definition) is 5.